The topological polar surface area (TPSA) is 169 Å². The molecule has 0 spiro atoms. The fourth-order valence-corrected chi connectivity index (χ4v) is 4.48. The van der Waals surface area contributed by atoms with Gasteiger partial charge in [-0.15, -0.1) is 22.7 Å². The summed E-state index contributed by atoms with van der Waals surface area (Å²) in [7, 11) is 2.85. The number of methoxy groups -OCH3 is 2. The number of amides is 6. The first-order valence-corrected chi connectivity index (χ1v) is 10.1. The van der Waals surface area contributed by atoms with Crippen LogP contribution < -0.4 is 25.4 Å². The number of imide groups is 3. The van der Waals surface area contributed by atoms with Crippen LogP contribution in [-0.2, 0) is 24.7 Å². The number of urea groups is 1. The molecule has 2 aromatic rings. The van der Waals surface area contributed by atoms with Crippen molar-refractivity contribution in [3.63, 3.8) is 0 Å². The molecule has 31 heavy (non-hydrogen) atoms. The van der Waals surface area contributed by atoms with Crippen LogP contribution in [0.1, 0.15) is 15.9 Å². The minimum atomic E-state index is -2.44. The zero-order valence-corrected chi connectivity index (χ0v) is 17.5. The van der Waals surface area contributed by atoms with Crippen molar-refractivity contribution in [2.75, 3.05) is 14.2 Å². The predicted octanol–water partition coefficient (Wildman–Crippen LogP) is 0.374. The Morgan fingerprint density at radius 1 is 0.935 bits per heavy atom. The molecule has 0 aliphatic carbocycles. The highest BCUT2D eigenvalue weighted by atomic mass is 32.1. The predicted molar refractivity (Wildman–Crippen MR) is 105 cm³/mol. The number of thiophene rings is 2. The quantitative estimate of drug-likeness (QED) is 0.462. The summed E-state index contributed by atoms with van der Waals surface area (Å²) in [6.45, 7) is 0. The average Bonchev–Trinajstić information content (AvgIpc) is 3.45. The van der Waals surface area contributed by atoms with Crippen LogP contribution in [0.25, 0.3) is 0 Å². The van der Waals surface area contributed by atoms with Gasteiger partial charge in [-0.05, 0) is 22.9 Å². The average molecular weight is 469 g/mol. The first-order chi connectivity index (χ1) is 14.7. The second kappa shape index (κ2) is 8.71. The Hall–Kier alpha value is -3.49. The van der Waals surface area contributed by atoms with Gasteiger partial charge >= 0.3 is 12.1 Å². The van der Waals surface area contributed by atoms with Gasteiger partial charge in [-0.1, -0.05) is 0 Å². The van der Waals surface area contributed by atoms with E-state index in [0.717, 1.165) is 11.3 Å². The second-order valence-electron chi connectivity index (χ2n) is 5.89. The van der Waals surface area contributed by atoms with Crippen molar-refractivity contribution < 1.29 is 43.3 Å². The van der Waals surface area contributed by atoms with E-state index in [-0.39, 0.29) is 10.6 Å². The summed E-state index contributed by atoms with van der Waals surface area (Å²) in [5.74, 6) is -1.86. The summed E-state index contributed by atoms with van der Waals surface area (Å²) < 4.78 is 14.7. The van der Waals surface area contributed by atoms with Crippen molar-refractivity contribution in [2.24, 2.45) is 0 Å². The summed E-state index contributed by atoms with van der Waals surface area (Å²) >= 11 is 2.29. The van der Waals surface area contributed by atoms with Gasteiger partial charge in [-0.25, -0.2) is 9.59 Å². The Labute approximate surface area is 182 Å². The SMILES string of the molecule is COc1ccsc1C1(O)C(=O)NC(=O)NC1=O.COc1ccsc1C1OC(=O)NC1=O. The lowest BCUT2D eigenvalue weighted by atomic mass is 9.97. The van der Waals surface area contributed by atoms with Crippen LogP contribution in [0, 0.1) is 0 Å². The monoisotopic (exact) mass is 469 g/mol. The lowest BCUT2D eigenvalue weighted by Gasteiger charge is -2.28. The molecule has 4 N–H and O–H groups in total. The second-order valence-corrected chi connectivity index (χ2v) is 7.76. The number of cyclic esters (lactones) is 1. The Morgan fingerprint density at radius 3 is 2.06 bits per heavy atom. The van der Waals surface area contributed by atoms with Gasteiger partial charge in [0.2, 0.25) is 6.10 Å². The van der Waals surface area contributed by atoms with Crippen LogP contribution >= 0.6 is 22.7 Å². The van der Waals surface area contributed by atoms with Crippen molar-refractivity contribution in [2.45, 2.75) is 11.7 Å². The molecule has 2 saturated heterocycles. The molecule has 0 aromatic carbocycles. The standard InChI is InChI=1S/C9H8N2O5S.C8H7NO4S/c1-16-4-2-3-17-5(4)9(15)6(12)10-8(14)11-7(9)13;1-12-4-2-3-14-6(4)5-7(10)9-8(11)13-5/h2-3,15H,1H3,(H2,10,11,12,13,14);2-3,5H,1H3,(H,9,10,11). The number of carbonyl (C=O) groups excluding carboxylic acids is 5. The maximum atomic E-state index is 11.6. The fraction of sp³-hybridized carbons (Fsp3) is 0.235. The van der Waals surface area contributed by atoms with E-state index in [1.165, 1.54) is 31.6 Å². The number of rotatable bonds is 4. The molecule has 0 bridgehead atoms. The molecular weight excluding hydrogens is 454 g/mol. The smallest absolute Gasteiger partial charge is 0.415 e. The highest BCUT2D eigenvalue weighted by molar-refractivity contribution is 7.11. The molecule has 14 heteroatoms. The minimum absolute atomic E-state index is 0.0301. The van der Waals surface area contributed by atoms with Gasteiger partial charge in [-0.2, -0.15) is 0 Å². The van der Waals surface area contributed by atoms with Crippen LogP contribution in [0.2, 0.25) is 0 Å². The van der Waals surface area contributed by atoms with E-state index in [9.17, 15) is 29.1 Å². The van der Waals surface area contributed by atoms with Crippen molar-refractivity contribution in [1.82, 2.24) is 16.0 Å². The highest BCUT2D eigenvalue weighted by Gasteiger charge is 2.53. The third kappa shape index (κ3) is 4.08. The van der Waals surface area contributed by atoms with Crippen LogP contribution in [-0.4, -0.2) is 49.2 Å². The van der Waals surface area contributed by atoms with Gasteiger partial charge in [0.15, 0.2) is 0 Å². The molecule has 1 atom stereocenters. The van der Waals surface area contributed by atoms with Gasteiger partial charge in [0, 0.05) is 0 Å². The van der Waals surface area contributed by atoms with Crippen LogP contribution in [0.15, 0.2) is 22.9 Å². The largest absolute Gasteiger partial charge is 0.495 e. The molecule has 12 nitrogen and oxygen atoms in total. The van der Waals surface area contributed by atoms with Crippen LogP contribution in [0.5, 0.6) is 11.5 Å². The minimum Gasteiger partial charge on any atom is -0.495 e. The Bertz CT molecular complexity index is 1040. The first kappa shape index (κ1) is 22.2. The number of alkyl carbamates (subject to hydrolysis) is 1. The molecule has 0 radical (unpaired) electrons. The molecule has 164 valence electrons. The third-order valence-corrected chi connectivity index (χ3v) is 6.04. The zero-order chi connectivity index (χ0) is 22.8. The highest BCUT2D eigenvalue weighted by Crippen LogP contribution is 2.36. The number of hydrogen-bond acceptors (Lipinski definition) is 11. The van der Waals surface area contributed by atoms with Gasteiger partial charge in [0.25, 0.3) is 23.3 Å². The molecule has 4 rings (SSSR count). The Kier molecular flexibility index (Phi) is 6.24. The van der Waals surface area contributed by atoms with E-state index in [1.54, 1.807) is 16.8 Å². The van der Waals surface area contributed by atoms with Gasteiger partial charge in [0.05, 0.1) is 24.0 Å². The normalized spacial score (nSPS) is 19.5. The van der Waals surface area contributed by atoms with E-state index in [2.05, 4.69) is 5.32 Å². The van der Waals surface area contributed by atoms with Gasteiger partial charge in [-0.3, -0.25) is 30.3 Å². The van der Waals surface area contributed by atoms with E-state index in [0.29, 0.717) is 10.6 Å². The van der Waals surface area contributed by atoms with Crippen LogP contribution in [0.3, 0.4) is 0 Å². The van der Waals surface area contributed by atoms with E-state index >= 15 is 0 Å². The third-order valence-electron chi connectivity index (χ3n) is 4.09. The molecule has 2 aliphatic rings. The summed E-state index contributed by atoms with van der Waals surface area (Å²) in [5.41, 5.74) is -2.44. The molecule has 2 aliphatic heterocycles. The van der Waals surface area contributed by atoms with E-state index in [1.807, 2.05) is 10.6 Å². The lowest BCUT2D eigenvalue weighted by molar-refractivity contribution is -0.155. The zero-order valence-electron chi connectivity index (χ0n) is 15.9. The van der Waals surface area contributed by atoms with E-state index in [4.69, 9.17) is 14.2 Å². The van der Waals surface area contributed by atoms with Crippen molar-refractivity contribution in [3.05, 3.63) is 32.6 Å². The van der Waals surface area contributed by atoms with Gasteiger partial charge in [0.1, 0.15) is 11.5 Å². The molecule has 2 fully saturated rings. The van der Waals surface area contributed by atoms with Crippen LogP contribution in [0.4, 0.5) is 9.59 Å². The lowest BCUT2D eigenvalue weighted by Crippen LogP contribution is -2.64. The van der Waals surface area contributed by atoms with Crippen molar-refractivity contribution in [1.29, 1.82) is 0 Å². The maximum absolute atomic E-state index is 11.6. The first-order valence-electron chi connectivity index (χ1n) is 8.36. The van der Waals surface area contributed by atoms with Crippen molar-refractivity contribution in [3.8, 4) is 11.5 Å². The summed E-state index contributed by atoms with van der Waals surface area (Å²) in [4.78, 5) is 56.8. The Morgan fingerprint density at radius 2 is 1.52 bits per heavy atom. The number of carbonyl (C=O) groups is 5. The maximum Gasteiger partial charge on any atom is 0.415 e. The number of barbiturate groups is 1. The molecule has 1 unspecified atom stereocenters. The number of ether oxygens (including phenoxy) is 3. The molecular formula is C17H15N3O9S2. The fourth-order valence-electron chi connectivity index (χ4n) is 2.65. The Balaban J connectivity index is 0.000000179. The molecule has 2 aromatic heterocycles. The number of hydrogen-bond donors (Lipinski definition) is 4. The molecule has 6 amide bonds. The van der Waals surface area contributed by atoms with E-state index < -0.39 is 41.6 Å². The summed E-state index contributed by atoms with van der Waals surface area (Å²) in [6, 6.07) is 2.27. The molecule has 4 heterocycles. The van der Waals surface area contributed by atoms with Crippen molar-refractivity contribution >= 4 is 52.5 Å². The summed E-state index contributed by atoms with van der Waals surface area (Å²) in [5, 5.41) is 19.2. The number of nitrogens with one attached hydrogen (secondary N) is 3. The summed E-state index contributed by atoms with van der Waals surface area (Å²) in [6.07, 6.45) is -1.58. The molecule has 0 saturated carbocycles. The number of aliphatic hydroxyl groups is 1. The van der Waals surface area contributed by atoms with Gasteiger partial charge < -0.3 is 19.3 Å².